The van der Waals surface area contributed by atoms with Crippen molar-refractivity contribution < 1.29 is 18.6 Å². The van der Waals surface area contributed by atoms with Crippen molar-refractivity contribution in [1.29, 1.82) is 0 Å². The van der Waals surface area contributed by atoms with E-state index in [1.807, 2.05) is 13.1 Å². The lowest BCUT2D eigenvalue weighted by atomic mass is 9.79. The largest absolute Gasteiger partial charge is 0.477 e. The van der Waals surface area contributed by atoms with Crippen LogP contribution in [0.5, 0.6) is 5.88 Å². The molecule has 5 rings (SSSR count). The topological polar surface area (TPSA) is 66.4 Å². The molecule has 1 aliphatic heterocycles. The van der Waals surface area contributed by atoms with Gasteiger partial charge >= 0.3 is 0 Å². The van der Waals surface area contributed by atoms with Crippen molar-refractivity contribution in [3.8, 4) is 5.88 Å². The number of aryl methyl sites for hydroxylation is 2. The molecule has 1 spiro atoms. The van der Waals surface area contributed by atoms with E-state index in [9.17, 15) is 0 Å². The van der Waals surface area contributed by atoms with Gasteiger partial charge in [0.2, 0.25) is 5.88 Å². The van der Waals surface area contributed by atoms with Crippen LogP contribution in [0.1, 0.15) is 60.7 Å². The van der Waals surface area contributed by atoms with Gasteiger partial charge in [0.1, 0.15) is 11.5 Å². The Kier molecular flexibility index (Phi) is 4.98. The molecular weight excluding hydrogens is 385 g/mol. The van der Waals surface area contributed by atoms with Gasteiger partial charge in [0, 0.05) is 42.8 Å². The Labute approximate surface area is 176 Å². The van der Waals surface area contributed by atoms with Crippen molar-refractivity contribution in [2.75, 3.05) is 19.8 Å². The van der Waals surface area contributed by atoms with Gasteiger partial charge in [0.25, 0.3) is 0 Å². The molecule has 2 aromatic heterocycles. The molecule has 7 heteroatoms. The Morgan fingerprint density at radius 1 is 1.07 bits per heavy atom. The summed E-state index contributed by atoms with van der Waals surface area (Å²) >= 11 is 0. The highest BCUT2D eigenvalue weighted by atomic mass is 19.1. The molecule has 1 saturated heterocycles. The van der Waals surface area contributed by atoms with Gasteiger partial charge in [-0.3, -0.25) is 4.98 Å². The molecule has 0 N–H and O–H groups in total. The minimum absolute atomic E-state index is 0.315. The van der Waals surface area contributed by atoms with Crippen LogP contribution in [0.4, 0.5) is 4.39 Å². The van der Waals surface area contributed by atoms with Crippen LogP contribution in [0.3, 0.4) is 0 Å². The number of aromatic nitrogens is 3. The Morgan fingerprint density at radius 3 is 2.53 bits per heavy atom. The molecule has 2 unspecified atom stereocenters. The van der Waals surface area contributed by atoms with Crippen LogP contribution < -0.4 is 4.74 Å². The average Bonchev–Trinajstić information content (AvgIpc) is 3.38. The SMILES string of the molecule is Cc1ccc(C2CC2COc2nc(C)ncc2C2(F)CCC3(CC2)OCCO3)nc1. The first kappa shape index (κ1) is 19.8. The van der Waals surface area contributed by atoms with Gasteiger partial charge in [0.05, 0.1) is 25.4 Å². The lowest BCUT2D eigenvalue weighted by Crippen LogP contribution is -2.40. The maximum Gasteiger partial charge on any atom is 0.223 e. The summed E-state index contributed by atoms with van der Waals surface area (Å²) in [6, 6.07) is 4.17. The summed E-state index contributed by atoms with van der Waals surface area (Å²) in [5.74, 6) is 1.14. The number of nitrogens with zero attached hydrogens (tertiary/aromatic N) is 3. The Bertz CT molecular complexity index is 904. The number of ether oxygens (including phenoxy) is 3. The molecule has 2 aromatic rings. The van der Waals surface area contributed by atoms with Gasteiger partial charge in [-0.1, -0.05) is 6.07 Å². The van der Waals surface area contributed by atoms with Crippen LogP contribution in [-0.2, 0) is 15.1 Å². The second kappa shape index (κ2) is 7.54. The van der Waals surface area contributed by atoms with E-state index in [1.165, 1.54) is 0 Å². The predicted octanol–water partition coefficient (Wildman–Crippen LogP) is 4.15. The van der Waals surface area contributed by atoms with Crippen LogP contribution >= 0.6 is 0 Å². The maximum atomic E-state index is 16.0. The summed E-state index contributed by atoms with van der Waals surface area (Å²) in [4.78, 5) is 13.2. The maximum absolute atomic E-state index is 16.0. The Balaban J connectivity index is 1.27. The molecular formula is C23H28FN3O3. The van der Waals surface area contributed by atoms with Crippen LogP contribution in [0.2, 0.25) is 0 Å². The molecule has 6 nitrogen and oxygen atoms in total. The van der Waals surface area contributed by atoms with Crippen molar-refractivity contribution >= 4 is 0 Å². The number of pyridine rings is 1. The van der Waals surface area contributed by atoms with Crippen molar-refractivity contribution in [3.05, 3.63) is 47.2 Å². The second-order valence-corrected chi connectivity index (χ2v) is 8.88. The third kappa shape index (κ3) is 3.81. The smallest absolute Gasteiger partial charge is 0.223 e. The second-order valence-electron chi connectivity index (χ2n) is 8.88. The van der Waals surface area contributed by atoms with Crippen LogP contribution in [-0.4, -0.2) is 40.6 Å². The summed E-state index contributed by atoms with van der Waals surface area (Å²) in [6.45, 7) is 5.51. The minimum Gasteiger partial charge on any atom is -0.477 e. The number of halogens is 1. The fraction of sp³-hybridized carbons (Fsp3) is 0.609. The zero-order valence-electron chi connectivity index (χ0n) is 17.6. The highest BCUT2D eigenvalue weighted by molar-refractivity contribution is 5.31. The molecule has 160 valence electrons. The van der Waals surface area contributed by atoms with Crippen molar-refractivity contribution in [2.45, 2.75) is 63.3 Å². The molecule has 0 radical (unpaired) electrons. The van der Waals surface area contributed by atoms with E-state index in [2.05, 4.69) is 27.1 Å². The van der Waals surface area contributed by atoms with E-state index in [1.54, 1.807) is 13.1 Å². The van der Waals surface area contributed by atoms with E-state index in [4.69, 9.17) is 14.2 Å². The molecule has 3 fully saturated rings. The summed E-state index contributed by atoms with van der Waals surface area (Å²) < 4.78 is 33.5. The van der Waals surface area contributed by atoms with Crippen LogP contribution in [0, 0.1) is 19.8 Å². The van der Waals surface area contributed by atoms with Gasteiger partial charge in [-0.25, -0.2) is 9.37 Å². The highest BCUT2D eigenvalue weighted by Crippen LogP contribution is 2.50. The van der Waals surface area contributed by atoms with Gasteiger partial charge < -0.3 is 14.2 Å². The molecule has 0 aromatic carbocycles. The summed E-state index contributed by atoms with van der Waals surface area (Å²) in [7, 11) is 0. The molecule has 2 saturated carbocycles. The van der Waals surface area contributed by atoms with Gasteiger partial charge in [-0.05, 0) is 44.7 Å². The number of hydrogen-bond donors (Lipinski definition) is 0. The molecule has 0 amide bonds. The summed E-state index contributed by atoms with van der Waals surface area (Å²) in [5, 5.41) is 0. The predicted molar refractivity (Wildman–Crippen MR) is 108 cm³/mol. The van der Waals surface area contributed by atoms with Crippen molar-refractivity contribution in [1.82, 2.24) is 15.0 Å². The van der Waals surface area contributed by atoms with E-state index in [0.29, 0.717) is 74.6 Å². The minimum atomic E-state index is -1.52. The van der Waals surface area contributed by atoms with Gasteiger partial charge in [0.15, 0.2) is 5.79 Å². The molecule has 2 atom stereocenters. The number of hydrogen-bond acceptors (Lipinski definition) is 6. The van der Waals surface area contributed by atoms with Crippen LogP contribution in [0.15, 0.2) is 24.5 Å². The first-order valence-electron chi connectivity index (χ1n) is 10.8. The van der Waals surface area contributed by atoms with E-state index < -0.39 is 11.5 Å². The highest BCUT2D eigenvalue weighted by Gasteiger charge is 2.49. The third-order valence-corrected chi connectivity index (χ3v) is 6.65. The average molecular weight is 413 g/mol. The van der Waals surface area contributed by atoms with Crippen molar-refractivity contribution in [3.63, 3.8) is 0 Å². The molecule has 30 heavy (non-hydrogen) atoms. The molecule has 3 aliphatic rings. The summed E-state index contributed by atoms with van der Waals surface area (Å²) in [6.07, 6.45) is 6.22. The monoisotopic (exact) mass is 413 g/mol. The quantitative estimate of drug-likeness (QED) is 0.734. The van der Waals surface area contributed by atoms with E-state index in [-0.39, 0.29) is 0 Å². The fourth-order valence-corrected chi connectivity index (χ4v) is 4.63. The zero-order valence-corrected chi connectivity index (χ0v) is 17.6. The fourth-order valence-electron chi connectivity index (χ4n) is 4.63. The number of rotatable bonds is 5. The lowest BCUT2D eigenvalue weighted by Gasteiger charge is -2.39. The van der Waals surface area contributed by atoms with Gasteiger partial charge in [-0.2, -0.15) is 4.98 Å². The first-order valence-corrected chi connectivity index (χ1v) is 10.8. The standard InChI is InChI=1S/C23H28FN3O3/c1-15-3-4-20(26-12-15)18-11-17(18)14-28-21-19(13-25-16(2)27-21)22(24)5-7-23(8-6-22)29-9-10-30-23/h3-4,12-13,17-18H,5-11,14H2,1-2H3. The lowest BCUT2D eigenvalue weighted by molar-refractivity contribution is -0.194. The Hall–Kier alpha value is -2.12. The molecule has 3 heterocycles. The van der Waals surface area contributed by atoms with Gasteiger partial charge in [-0.15, -0.1) is 0 Å². The normalized spacial score (nSPS) is 26.6. The Morgan fingerprint density at radius 2 is 1.83 bits per heavy atom. The van der Waals surface area contributed by atoms with E-state index in [0.717, 1.165) is 17.7 Å². The van der Waals surface area contributed by atoms with Crippen molar-refractivity contribution in [2.24, 2.45) is 5.92 Å². The zero-order chi connectivity index (χ0) is 20.8. The molecule has 0 bridgehead atoms. The molecule has 2 aliphatic carbocycles. The first-order chi connectivity index (χ1) is 14.5. The third-order valence-electron chi connectivity index (χ3n) is 6.65. The number of alkyl halides is 1. The van der Waals surface area contributed by atoms with Crippen LogP contribution in [0.25, 0.3) is 0 Å². The van der Waals surface area contributed by atoms with E-state index >= 15 is 4.39 Å². The summed E-state index contributed by atoms with van der Waals surface area (Å²) in [5.41, 5.74) is 1.19.